The van der Waals surface area contributed by atoms with Crippen molar-refractivity contribution in [3.8, 4) is 16.9 Å². The standard InChI is InChI=1S/C13H11ClO3S/c1-9-2-4-10(5-3-9)12-7-6-11(8-13(12)15)18(14,16)17/h2-8,15H,1H3. The van der Waals surface area contributed by atoms with E-state index in [1.165, 1.54) is 12.1 Å². The van der Waals surface area contributed by atoms with E-state index in [4.69, 9.17) is 10.7 Å². The lowest BCUT2D eigenvalue weighted by atomic mass is 10.0. The van der Waals surface area contributed by atoms with Gasteiger partial charge >= 0.3 is 0 Å². The molecule has 0 heterocycles. The van der Waals surface area contributed by atoms with Gasteiger partial charge in [-0.2, -0.15) is 0 Å². The maximum atomic E-state index is 11.1. The second-order valence-corrected chi connectivity index (χ2v) is 6.55. The van der Waals surface area contributed by atoms with Crippen molar-refractivity contribution in [2.24, 2.45) is 0 Å². The van der Waals surface area contributed by atoms with Crippen LogP contribution in [0.4, 0.5) is 0 Å². The molecule has 0 amide bonds. The topological polar surface area (TPSA) is 54.4 Å². The lowest BCUT2D eigenvalue weighted by Crippen LogP contribution is -1.90. The monoisotopic (exact) mass is 282 g/mol. The molecule has 0 saturated heterocycles. The highest BCUT2D eigenvalue weighted by Crippen LogP contribution is 2.32. The molecule has 0 spiro atoms. The van der Waals surface area contributed by atoms with Crippen molar-refractivity contribution in [2.45, 2.75) is 11.8 Å². The van der Waals surface area contributed by atoms with Crippen molar-refractivity contribution in [3.63, 3.8) is 0 Å². The molecule has 94 valence electrons. The first-order valence-corrected chi connectivity index (χ1v) is 7.53. The van der Waals surface area contributed by atoms with Gasteiger partial charge in [0.2, 0.25) is 0 Å². The van der Waals surface area contributed by atoms with Crippen LogP contribution in [-0.2, 0) is 9.05 Å². The van der Waals surface area contributed by atoms with Crippen LogP contribution in [0, 0.1) is 6.92 Å². The van der Waals surface area contributed by atoms with Crippen LogP contribution in [0.25, 0.3) is 11.1 Å². The number of aryl methyl sites for hydroxylation is 1. The van der Waals surface area contributed by atoms with Crippen LogP contribution in [0.3, 0.4) is 0 Å². The smallest absolute Gasteiger partial charge is 0.261 e. The fourth-order valence-electron chi connectivity index (χ4n) is 1.64. The SMILES string of the molecule is Cc1ccc(-c2ccc(S(=O)(=O)Cl)cc2O)cc1. The third-order valence-electron chi connectivity index (χ3n) is 2.61. The Labute approximate surface area is 110 Å². The van der Waals surface area contributed by atoms with Crippen molar-refractivity contribution in [1.82, 2.24) is 0 Å². The molecule has 0 saturated carbocycles. The summed E-state index contributed by atoms with van der Waals surface area (Å²) in [6, 6.07) is 11.6. The first-order chi connectivity index (χ1) is 8.38. The second kappa shape index (κ2) is 4.63. The molecule has 0 bridgehead atoms. The zero-order valence-electron chi connectivity index (χ0n) is 9.59. The number of hydrogen-bond acceptors (Lipinski definition) is 3. The number of aromatic hydroxyl groups is 1. The molecule has 1 N–H and O–H groups in total. The van der Waals surface area contributed by atoms with Gasteiger partial charge < -0.3 is 5.11 Å². The minimum Gasteiger partial charge on any atom is -0.507 e. The lowest BCUT2D eigenvalue weighted by Gasteiger charge is -2.06. The van der Waals surface area contributed by atoms with Gasteiger partial charge in [-0.1, -0.05) is 29.8 Å². The lowest BCUT2D eigenvalue weighted by molar-refractivity contribution is 0.475. The molecule has 0 unspecified atom stereocenters. The van der Waals surface area contributed by atoms with E-state index in [1.54, 1.807) is 0 Å². The highest BCUT2D eigenvalue weighted by molar-refractivity contribution is 8.13. The van der Waals surface area contributed by atoms with Gasteiger partial charge in [-0.05, 0) is 24.6 Å². The molecule has 0 aromatic heterocycles. The van der Waals surface area contributed by atoms with Crippen LogP contribution < -0.4 is 0 Å². The molecule has 0 aliphatic heterocycles. The van der Waals surface area contributed by atoms with Crippen LogP contribution in [0.1, 0.15) is 5.56 Å². The second-order valence-electron chi connectivity index (χ2n) is 3.98. The zero-order valence-corrected chi connectivity index (χ0v) is 11.2. The number of halogens is 1. The van der Waals surface area contributed by atoms with E-state index >= 15 is 0 Å². The normalized spacial score (nSPS) is 11.4. The van der Waals surface area contributed by atoms with Crippen LogP contribution in [-0.4, -0.2) is 13.5 Å². The first-order valence-electron chi connectivity index (χ1n) is 5.22. The summed E-state index contributed by atoms with van der Waals surface area (Å²) < 4.78 is 22.3. The van der Waals surface area contributed by atoms with Gasteiger partial charge in [0, 0.05) is 22.3 Å². The Balaban J connectivity index is 2.51. The Kier molecular flexibility index (Phi) is 3.32. The van der Waals surface area contributed by atoms with Gasteiger partial charge in [0.15, 0.2) is 0 Å². The summed E-state index contributed by atoms with van der Waals surface area (Å²) >= 11 is 0. The number of hydrogen-bond donors (Lipinski definition) is 1. The Hall–Kier alpha value is -1.52. The Morgan fingerprint density at radius 3 is 2.17 bits per heavy atom. The van der Waals surface area contributed by atoms with Crippen LogP contribution in [0.5, 0.6) is 5.75 Å². The average Bonchev–Trinajstić information content (AvgIpc) is 2.29. The zero-order chi connectivity index (χ0) is 13.3. The van der Waals surface area contributed by atoms with Crippen molar-refractivity contribution in [1.29, 1.82) is 0 Å². The fourth-order valence-corrected chi connectivity index (χ4v) is 2.41. The minimum absolute atomic E-state index is 0.111. The van der Waals surface area contributed by atoms with E-state index in [1.807, 2.05) is 31.2 Å². The van der Waals surface area contributed by atoms with E-state index in [0.717, 1.165) is 17.2 Å². The number of phenolic OH excluding ortho intramolecular Hbond substituents is 1. The Morgan fingerprint density at radius 1 is 1.06 bits per heavy atom. The van der Waals surface area contributed by atoms with Crippen molar-refractivity contribution >= 4 is 19.7 Å². The van der Waals surface area contributed by atoms with Gasteiger partial charge in [-0.15, -0.1) is 0 Å². The maximum Gasteiger partial charge on any atom is 0.261 e. The predicted octanol–water partition coefficient (Wildman–Crippen LogP) is 3.30. The average molecular weight is 283 g/mol. The van der Waals surface area contributed by atoms with E-state index in [9.17, 15) is 13.5 Å². The fraction of sp³-hybridized carbons (Fsp3) is 0.0769. The number of phenols is 1. The van der Waals surface area contributed by atoms with Crippen molar-refractivity contribution in [3.05, 3.63) is 48.0 Å². The quantitative estimate of drug-likeness (QED) is 0.860. The molecule has 0 fully saturated rings. The summed E-state index contributed by atoms with van der Waals surface area (Å²) in [4.78, 5) is -0.113. The van der Waals surface area contributed by atoms with Crippen molar-refractivity contribution < 1.29 is 13.5 Å². The number of rotatable bonds is 2. The van der Waals surface area contributed by atoms with Gasteiger partial charge in [-0.3, -0.25) is 0 Å². The largest absolute Gasteiger partial charge is 0.507 e. The molecule has 2 aromatic carbocycles. The highest BCUT2D eigenvalue weighted by atomic mass is 35.7. The molecule has 0 atom stereocenters. The van der Waals surface area contributed by atoms with Crippen LogP contribution >= 0.6 is 10.7 Å². The summed E-state index contributed by atoms with van der Waals surface area (Å²) in [5.41, 5.74) is 2.49. The highest BCUT2D eigenvalue weighted by Gasteiger charge is 2.13. The summed E-state index contributed by atoms with van der Waals surface area (Å²) in [5, 5.41) is 9.85. The summed E-state index contributed by atoms with van der Waals surface area (Å²) in [5.74, 6) is -0.111. The van der Waals surface area contributed by atoms with Gasteiger partial charge in [0.1, 0.15) is 5.75 Å². The third kappa shape index (κ3) is 2.66. The van der Waals surface area contributed by atoms with E-state index in [0.29, 0.717) is 5.56 Å². The van der Waals surface area contributed by atoms with E-state index < -0.39 is 9.05 Å². The summed E-state index contributed by atoms with van der Waals surface area (Å²) in [6.07, 6.45) is 0. The van der Waals surface area contributed by atoms with Gasteiger partial charge in [0.05, 0.1) is 4.90 Å². The van der Waals surface area contributed by atoms with E-state index in [-0.39, 0.29) is 10.6 Å². The van der Waals surface area contributed by atoms with Crippen molar-refractivity contribution in [2.75, 3.05) is 0 Å². The molecule has 2 aromatic rings. The molecule has 3 nitrogen and oxygen atoms in total. The molecular weight excluding hydrogens is 272 g/mol. The number of benzene rings is 2. The van der Waals surface area contributed by atoms with Gasteiger partial charge in [0.25, 0.3) is 9.05 Å². The molecule has 2 rings (SSSR count). The Bertz CT molecular complexity index is 676. The van der Waals surface area contributed by atoms with Crippen LogP contribution in [0.2, 0.25) is 0 Å². The summed E-state index contributed by atoms with van der Waals surface area (Å²) in [6.45, 7) is 1.97. The third-order valence-corrected chi connectivity index (χ3v) is 3.96. The molecule has 0 aliphatic carbocycles. The molecule has 18 heavy (non-hydrogen) atoms. The van der Waals surface area contributed by atoms with Gasteiger partial charge in [-0.25, -0.2) is 8.42 Å². The summed E-state index contributed by atoms with van der Waals surface area (Å²) in [7, 11) is 1.39. The van der Waals surface area contributed by atoms with Crippen LogP contribution in [0.15, 0.2) is 47.4 Å². The predicted molar refractivity (Wildman–Crippen MR) is 71.3 cm³/mol. The molecule has 0 radical (unpaired) electrons. The molecule has 5 heteroatoms. The molecular formula is C13H11ClO3S. The van der Waals surface area contributed by atoms with E-state index in [2.05, 4.69) is 0 Å². The minimum atomic E-state index is -3.82. The molecule has 0 aliphatic rings. The maximum absolute atomic E-state index is 11.1. The first kappa shape index (κ1) is 12.9. The Morgan fingerprint density at radius 2 is 1.67 bits per heavy atom.